The largest absolute Gasteiger partial charge is 0.302 e. The normalized spacial score (nSPS) is 14.3. The van der Waals surface area contributed by atoms with Crippen LogP contribution in [0.15, 0.2) is 48.8 Å². The smallest absolute Gasteiger partial charge is 0.159 e. The van der Waals surface area contributed by atoms with Crippen LogP contribution < -0.4 is 0 Å². The van der Waals surface area contributed by atoms with Crippen LogP contribution in [0.2, 0.25) is 5.02 Å². The lowest BCUT2D eigenvalue weighted by molar-refractivity contribution is 0.239. The Bertz CT molecular complexity index is 1200. The lowest BCUT2D eigenvalue weighted by Crippen LogP contribution is -2.31. The summed E-state index contributed by atoms with van der Waals surface area (Å²) in [6, 6.07) is 11.9. The Morgan fingerprint density at radius 3 is 2.69 bits per heavy atom. The number of hydrogen-bond acceptors (Lipinski definition) is 4. The number of hydrogen-bond donors (Lipinski definition) is 0. The van der Waals surface area contributed by atoms with Gasteiger partial charge in [-0.25, -0.2) is 15.0 Å². The fourth-order valence-electron chi connectivity index (χ4n) is 3.97. The number of aromatic nitrogens is 4. The quantitative estimate of drug-likeness (QED) is 0.500. The molecule has 1 aliphatic heterocycles. The third kappa shape index (κ3) is 3.52. The van der Waals surface area contributed by atoms with Crippen LogP contribution in [0.4, 0.5) is 0 Å². The highest BCUT2D eigenvalue weighted by Gasteiger charge is 2.21. The first-order chi connectivity index (χ1) is 14.1. The molecule has 0 saturated carbocycles. The van der Waals surface area contributed by atoms with Gasteiger partial charge in [-0.3, -0.25) is 4.90 Å². The minimum absolute atomic E-state index is 0.722. The lowest BCUT2D eigenvalue weighted by Gasteiger charge is -2.28. The van der Waals surface area contributed by atoms with Crippen LogP contribution in [0, 0.1) is 13.8 Å². The molecule has 0 unspecified atom stereocenters. The van der Waals surface area contributed by atoms with E-state index in [2.05, 4.69) is 46.5 Å². The Labute approximate surface area is 175 Å². The molecule has 1 aliphatic rings. The van der Waals surface area contributed by atoms with E-state index in [1.165, 1.54) is 16.8 Å². The van der Waals surface area contributed by atoms with Gasteiger partial charge in [-0.15, -0.1) is 0 Å². The summed E-state index contributed by atoms with van der Waals surface area (Å²) >= 11 is 5.99. The molecular formula is C23H22ClN5. The molecular weight excluding hydrogens is 382 g/mol. The molecule has 0 atom stereocenters. The van der Waals surface area contributed by atoms with Crippen LogP contribution >= 0.6 is 11.6 Å². The van der Waals surface area contributed by atoms with Gasteiger partial charge in [0.15, 0.2) is 5.82 Å². The van der Waals surface area contributed by atoms with Gasteiger partial charge in [-0.1, -0.05) is 17.7 Å². The number of aryl methyl sites for hydroxylation is 2. The number of pyridine rings is 1. The number of rotatable bonds is 3. The highest BCUT2D eigenvalue weighted by atomic mass is 35.5. The van der Waals surface area contributed by atoms with Crippen molar-refractivity contribution in [3.63, 3.8) is 0 Å². The van der Waals surface area contributed by atoms with Gasteiger partial charge < -0.3 is 4.40 Å². The summed E-state index contributed by atoms with van der Waals surface area (Å²) in [5, 5.41) is 0.722. The Hall–Kier alpha value is -2.76. The summed E-state index contributed by atoms with van der Waals surface area (Å²) in [5.41, 5.74) is 7.95. The highest BCUT2D eigenvalue weighted by molar-refractivity contribution is 6.30. The second-order valence-electron chi connectivity index (χ2n) is 7.71. The van der Waals surface area contributed by atoms with E-state index in [4.69, 9.17) is 21.6 Å². The van der Waals surface area contributed by atoms with E-state index in [0.29, 0.717) is 0 Å². The van der Waals surface area contributed by atoms with Crippen LogP contribution in [0.1, 0.15) is 28.2 Å². The second kappa shape index (κ2) is 7.25. The van der Waals surface area contributed by atoms with Crippen LogP contribution in [0.25, 0.3) is 17.0 Å². The second-order valence-corrected chi connectivity index (χ2v) is 8.15. The zero-order valence-corrected chi connectivity index (χ0v) is 17.3. The maximum absolute atomic E-state index is 5.99. The third-order valence-corrected chi connectivity index (χ3v) is 5.81. The SMILES string of the molecule is Cc1ccc2nc(C)c(CN3CCc4nc(-c5ccc(Cl)cc5)ncc4C3)n2c1. The van der Waals surface area contributed by atoms with Gasteiger partial charge in [-0.05, 0) is 49.7 Å². The van der Waals surface area contributed by atoms with Crippen LogP contribution in [0.3, 0.4) is 0 Å². The topological polar surface area (TPSA) is 46.3 Å². The van der Waals surface area contributed by atoms with Crippen molar-refractivity contribution in [3.8, 4) is 11.4 Å². The predicted molar refractivity (Wildman–Crippen MR) is 115 cm³/mol. The molecule has 3 aromatic heterocycles. The summed E-state index contributed by atoms with van der Waals surface area (Å²) in [6.45, 7) is 6.91. The monoisotopic (exact) mass is 403 g/mol. The average molecular weight is 404 g/mol. The number of halogens is 1. The molecule has 29 heavy (non-hydrogen) atoms. The van der Waals surface area contributed by atoms with E-state index in [1.54, 1.807) is 0 Å². The summed E-state index contributed by atoms with van der Waals surface area (Å²) < 4.78 is 2.22. The van der Waals surface area contributed by atoms with E-state index in [0.717, 1.165) is 59.5 Å². The molecule has 4 heterocycles. The first-order valence-corrected chi connectivity index (χ1v) is 10.2. The van der Waals surface area contributed by atoms with Gasteiger partial charge in [0.2, 0.25) is 0 Å². The maximum Gasteiger partial charge on any atom is 0.159 e. The highest BCUT2D eigenvalue weighted by Crippen LogP contribution is 2.24. The van der Waals surface area contributed by atoms with Crippen molar-refractivity contribution in [2.75, 3.05) is 6.54 Å². The molecule has 0 saturated heterocycles. The van der Waals surface area contributed by atoms with Crippen molar-refractivity contribution < 1.29 is 0 Å². The number of imidazole rings is 1. The van der Waals surface area contributed by atoms with Crippen molar-refractivity contribution in [1.82, 2.24) is 24.3 Å². The van der Waals surface area contributed by atoms with Crippen molar-refractivity contribution in [3.05, 3.63) is 82.0 Å². The molecule has 5 rings (SSSR count). The lowest BCUT2D eigenvalue weighted by atomic mass is 10.1. The molecule has 0 radical (unpaired) electrons. The molecule has 0 spiro atoms. The Kier molecular flexibility index (Phi) is 4.57. The van der Waals surface area contributed by atoms with E-state index >= 15 is 0 Å². The van der Waals surface area contributed by atoms with Gasteiger partial charge >= 0.3 is 0 Å². The molecule has 0 fully saturated rings. The first-order valence-electron chi connectivity index (χ1n) is 9.84. The third-order valence-electron chi connectivity index (χ3n) is 5.55. The fourth-order valence-corrected chi connectivity index (χ4v) is 4.09. The molecule has 1 aromatic carbocycles. The van der Waals surface area contributed by atoms with Gasteiger partial charge in [0.05, 0.1) is 17.1 Å². The molecule has 0 N–H and O–H groups in total. The molecule has 0 amide bonds. The molecule has 0 bridgehead atoms. The van der Waals surface area contributed by atoms with Crippen LogP contribution in [0.5, 0.6) is 0 Å². The van der Waals surface area contributed by atoms with Crippen molar-refractivity contribution in [1.29, 1.82) is 0 Å². The number of nitrogens with zero attached hydrogens (tertiary/aromatic N) is 5. The Morgan fingerprint density at radius 2 is 1.86 bits per heavy atom. The summed E-state index contributed by atoms with van der Waals surface area (Å²) in [4.78, 5) is 16.6. The average Bonchev–Trinajstić information content (AvgIpc) is 3.03. The van der Waals surface area contributed by atoms with E-state index in [1.807, 2.05) is 30.5 Å². The van der Waals surface area contributed by atoms with E-state index in [-0.39, 0.29) is 0 Å². The van der Waals surface area contributed by atoms with Gasteiger partial charge in [0.25, 0.3) is 0 Å². The minimum atomic E-state index is 0.722. The van der Waals surface area contributed by atoms with E-state index in [9.17, 15) is 0 Å². The van der Waals surface area contributed by atoms with E-state index < -0.39 is 0 Å². The van der Waals surface area contributed by atoms with Crippen LogP contribution in [-0.4, -0.2) is 30.8 Å². The predicted octanol–water partition coefficient (Wildman–Crippen LogP) is 4.62. The molecule has 146 valence electrons. The van der Waals surface area contributed by atoms with Gasteiger partial charge in [0, 0.05) is 54.6 Å². The molecule has 0 aliphatic carbocycles. The van der Waals surface area contributed by atoms with Crippen LogP contribution in [-0.2, 0) is 19.5 Å². The fraction of sp³-hybridized carbons (Fsp3) is 0.261. The van der Waals surface area contributed by atoms with Crippen molar-refractivity contribution in [2.45, 2.75) is 33.4 Å². The summed E-state index contributed by atoms with van der Waals surface area (Å²) in [7, 11) is 0. The molecule has 5 nitrogen and oxygen atoms in total. The van der Waals surface area contributed by atoms with Gasteiger partial charge in [-0.2, -0.15) is 0 Å². The summed E-state index contributed by atoms with van der Waals surface area (Å²) in [5.74, 6) is 0.766. The van der Waals surface area contributed by atoms with Crippen molar-refractivity contribution in [2.24, 2.45) is 0 Å². The van der Waals surface area contributed by atoms with Crippen molar-refractivity contribution >= 4 is 17.2 Å². The molecule has 6 heteroatoms. The maximum atomic E-state index is 5.99. The Morgan fingerprint density at radius 1 is 1.03 bits per heavy atom. The minimum Gasteiger partial charge on any atom is -0.302 e. The summed E-state index contributed by atoms with van der Waals surface area (Å²) in [6.07, 6.45) is 5.07. The Balaban J connectivity index is 1.38. The standard InChI is InChI=1S/C23H22ClN5/c1-15-3-8-22-26-16(2)21(29(22)12-15)14-28-10-9-20-18(13-28)11-25-23(27-20)17-4-6-19(24)7-5-17/h3-8,11-12H,9-10,13-14H2,1-2H3. The molecule has 4 aromatic rings. The van der Waals surface area contributed by atoms with Gasteiger partial charge in [0.1, 0.15) is 5.65 Å². The number of fused-ring (bicyclic) bond motifs is 2. The number of benzene rings is 1. The zero-order valence-electron chi connectivity index (χ0n) is 16.6. The zero-order chi connectivity index (χ0) is 20.0. The first kappa shape index (κ1) is 18.3.